The molecule has 1 heterocycles. The molecule has 0 atom stereocenters. The topological polar surface area (TPSA) is 87.1 Å². The fourth-order valence-corrected chi connectivity index (χ4v) is 1.59. The van der Waals surface area contributed by atoms with E-state index in [0.29, 0.717) is 12.1 Å². The monoisotopic (exact) mass is 280 g/mol. The van der Waals surface area contributed by atoms with Crippen LogP contribution in [-0.2, 0) is 5.41 Å². The average molecular weight is 280 g/mol. The Morgan fingerprint density at radius 1 is 1.20 bits per heavy atom. The number of hydrogen-bond donors (Lipinski definition) is 3. The maximum absolute atomic E-state index is 11.8. The molecule has 2 amide bonds. The van der Waals surface area contributed by atoms with Gasteiger partial charge in [-0.3, -0.25) is 0 Å². The Morgan fingerprint density at radius 3 is 2.20 bits per heavy atom. The van der Waals surface area contributed by atoms with Gasteiger partial charge in [0.25, 0.3) is 0 Å². The van der Waals surface area contributed by atoms with Gasteiger partial charge in [-0.15, -0.1) is 0 Å². The third kappa shape index (κ3) is 5.13. The first-order valence-electron chi connectivity index (χ1n) is 6.66. The van der Waals surface area contributed by atoms with Gasteiger partial charge in [-0.25, -0.2) is 14.8 Å². The summed E-state index contributed by atoms with van der Waals surface area (Å²) in [7, 11) is 0. The number of aromatic nitrogens is 2. The van der Waals surface area contributed by atoms with E-state index in [1.807, 2.05) is 34.6 Å². The van der Waals surface area contributed by atoms with E-state index < -0.39 is 5.54 Å². The second-order valence-corrected chi connectivity index (χ2v) is 6.48. The molecule has 1 rings (SSSR count). The van der Waals surface area contributed by atoms with Crippen molar-refractivity contribution >= 4 is 11.7 Å². The summed E-state index contributed by atoms with van der Waals surface area (Å²) < 4.78 is 0. The predicted molar refractivity (Wildman–Crippen MR) is 78.7 cm³/mol. The number of aliphatic hydroxyl groups excluding tert-OH is 1. The minimum absolute atomic E-state index is 0.0245. The molecule has 112 valence electrons. The summed E-state index contributed by atoms with van der Waals surface area (Å²) in [5.74, 6) is 0.726. The minimum atomic E-state index is -0.467. The highest BCUT2D eigenvalue weighted by Crippen LogP contribution is 2.18. The molecule has 6 heteroatoms. The molecule has 0 aliphatic heterocycles. The second-order valence-electron chi connectivity index (χ2n) is 6.48. The van der Waals surface area contributed by atoms with Crippen molar-refractivity contribution < 1.29 is 9.90 Å². The lowest BCUT2D eigenvalue weighted by atomic mass is 9.96. The van der Waals surface area contributed by atoms with Crippen molar-refractivity contribution in [2.75, 3.05) is 11.9 Å². The third-order valence-corrected chi connectivity index (χ3v) is 2.77. The summed E-state index contributed by atoms with van der Waals surface area (Å²) in [4.78, 5) is 20.3. The molecule has 0 saturated heterocycles. The van der Waals surface area contributed by atoms with Crippen LogP contribution in [0.4, 0.5) is 10.5 Å². The smallest absolute Gasteiger partial charge is 0.319 e. The number of anilines is 1. The lowest BCUT2D eigenvalue weighted by Gasteiger charge is -2.25. The van der Waals surface area contributed by atoms with Crippen molar-refractivity contribution in [3.8, 4) is 0 Å². The zero-order valence-electron chi connectivity index (χ0n) is 12.8. The summed E-state index contributed by atoms with van der Waals surface area (Å²) in [6, 6.07) is -0.337. The summed E-state index contributed by atoms with van der Waals surface area (Å²) in [6.45, 7) is 9.80. The minimum Gasteiger partial charge on any atom is -0.396 e. The Kier molecular flexibility index (Phi) is 5.05. The van der Waals surface area contributed by atoms with Crippen LogP contribution in [0.25, 0.3) is 0 Å². The largest absolute Gasteiger partial charge is 0.396 e. The van der Waals surface area contributed by atoms with Gasteiger partial charge in [0.2, 0.25) is 0 Å². The molecular formula is C14H24N4O2. The molecule has 6 nitrogen and oxygen atoms in total. The molecule has 0 spiro atoms. The van der Waals surface area contributed by atoms with Crippen molar-refractivity contribution in [2.24, 2.45) is 0 Å². The normalized spacial score (nSPS) is 12.1. The van der Waals surface area contributed by atoms with Crippen molar-refractivity contribution in [3.63, 3.8) is 0 Å². The standard InChI is InChI=1S/C14H24N4O2/c1-13(2,3)11-15-8-10(9-16-11)17-12(20)18-14(4,5)6-7-19/h8-9,19H,6-7H2,1-5H3,(H2,17,18,20). The summed E-state index contributed by atoms with van der Waals surface area (Å²) in [5.41, 5.74) is -0.0510. The van der Waals surface area contributed by atoms with Crippen molar-refractivity contribution in [1.29, 1.82) is 0 Å². The highest BCUT2D eigenvalue weighted by atomic mass is 16.3. The molecule has 0 aliphatic carbocycles. The lowest BCUT2D eigenvalue weighted by molar-refractivity contribution is 0.218. The van der Waals surface area contributed by atoms with Gasteiger partial charge in [0.15, 0.2) is 0 Å². The van der Waals surface area contributed by atoms with Crippen LogP contribution in [0.2, 0.25) is 0 Å². The Balaban J connectivity index is 2.63. The van der Waals surface area contributed by atoms with Gasteiger partial charge in [-0.2, -0.15) is 0 Å². The SMILES string of the molecule is CC(C)(CCO)NC(=O)Nc1cnc(C(C)(C)C)nc1. The Labute approximate surface area is 120 Å². The Hall–Kier alpha value is -1.69. The average Bonchev–Trinajstić information content (AvgIpc) is 2.27. The van der Waals surface area contributed by atoms with E-state index in [2.05, 4.69) is 20.6 Å². The number of rotatable bonds is 4. The van der Waals surface area contributed by atoms with Gasteiger partial charge in [0, 0.05) is 17.6 Å². The van der Waals surface area contributed by atoms with Gasteiger partial charge in [0.05, 0.1) is 18.1 Å². The number of nitrogens with one attached hydrogen (secondary N) is 2. The zero-order valence-corrected chi connectivity index (χ0v) is 12.8. The van der Waals surface area contributed by atoms with E-state index in [4.69, 9.17) is 5.11 Å². The molecule has 0 fully saturated rings. The van der Waals surface area contributed by atoms with Crippen LogP contribution in [0, 0.1) is 0 Å². The van der Waals surface area contributed by atoms with Gasteiger partial charge >= 0.3 is 6.03 Å². The molecule has 0 saturated carbocycles. The quantitative estimate of drug-likeness (QED) is 0.787. The van der Waals surface area contributed by atoms with Crippen LogP contribution < -0.4 is 10.6 Å². The first-order valence-corrected chi connectivity index (χ1v) is 6.66. The molecule has 0 bridgehead atoms. The van der Waals surface area contributed by atoms with E-state index >= 15 is 0 Å². The summed E-state index contributed by atoms with van der Waals surface area (Å²) in [6.07, 6.45) is 3.66. The molecule has 1 aromatic rings. The molecule has 20 heavy (non-hydrogen) atoms. The van der Waals surface area contributed by atoms with Gasteiger partial charge in [0.1, 0.15) is 5.82 Å². The van der Waals surface area contributed by atoms with Crippen LogP contribution in [0.1, 0.15) is 46.9 Å². The van der Waals surface area contributed by atoms with E-state index in [1.54, 1.807) is 12.4 Å². The summed E-state index contributed by atoms with van der Waals surface area (Å²) >= 11 is 0. The Morgan fingerprint density at radius 2 is 1.75 bits per heavy atom. The van der Waals surface area contributed by atoms with Gasteiger partial charge < -0.3 is 15.7 Å². The van der Waals surface area contributed by atoms with E-state index in [9.17, 15) is 4.79 Å². The Bertz CT molecular complexity index is 449. The molecule has 1 aromatic heterocycles. The van der Waals surface area contributed by atoms with Crippen molar-refractivity contribution in [3.05, 3.63) is 18.2 Å². The molecule has 0 unspecified atom stereocenters. The van der Waals surface area contributed by atoms with Crippen molar-refractivity contribution in [1.82, 2.24) is 15.3 Å². The molecule has 0 radical (unpaired) electrons. The lowest BCUT2D eigenvalue weighted by Crippen LogP contribution is -2.46. The zero-order chi connectivity index (χ0) is 15.4. The van der Waals surface area contributed by atoms with Crippen LogP contribution >= 0.6 is 0 Å². The molecule has 3 N–H and O–H groups in total. The molecular weight excluding hydrogens is 256 g/mol. The van der Waals surface area contributed by atoms with Crippen LogP contribution in [0.15, 0.2) is 12.4 Å². The van der Waals surface area contributed by atoms with Gasteiger partial charge in [-0.1, -0.05) is 20.8 Å². The van der Waals surface area contributed by atoms with E-state index in [0.717, 1.165) is 5.82 Å². The maximum atomic E-state index is 11.8. The highest BCUT2D eigenvalue weighted by molar-refractivity contribution is 5.89. The fourth-order valence-electron chi connectivity index (χ4n) is 1.59. The maximum Gasteiger partial charge on any atom is 0.319 e. The number of urea groups is 1. The number of hydrogen-bond acceptors (Lipinski definition) is 4. The number of nitrogens with zero attached hydrogens (tertiary/aromatic N) is 2. The van der Waals surface area contributed by atoms with E-state index in [-0.39, 0.29) is 18.1 Å². The van der Waals surface area contributed by atoms with Crippen molar-refractivity contribution in [2.45, 2.75) is 52.0 Å². The number of amides is 2. The second kappa shape index (κ2) is 6.17. The van der Waals surface area contributed by atoms with Gasteiger partial charge in [-0.05, 0) is 20.3 Å². The molecule has 0 aliphatic rings. The van der Waals surface area contributed by atoms with Crippen LogP contribution in [-0.4, -0.2) is 33.3 Å². The number of carbonyl (C=O) groups excluding carboxylic acids is 1. The first kappa shape index (κ1) is 16.4. The predicted octanol–water partition coefficient (Wildman–Crippen LogP) is 2.06. The van der Waals surface area contributed by atoms with Crippen LogP contribution in [0.5, 0.6) is 0 Å². The third-order valence-electron chi connectivity index (χ3n) is 2.77. The number of aliphatic hydroxyl groups is 1. The van der Waals surface area contributed by atoms with Crippen LogP contribution in [0.3, 0.4) is 0 Å². The molecule has 0 aromatic carbocycles. The first-order chi connectivity index (χ1) is 9.14. The summed E-state index contributed by atoms with van der Waals surface area (Å²) in [5, 5.41) is 14.4. The fraction of sp³-hybridized carbons (Fsp3) is 0.643. The number of carbonyl (C=O) groups is 1. The highest BCUT2D eigenvalue weighted by Gasteiger charge is 2.20. The van der Waals surface area contributed by atoms with E-state index in [1.165, 1.54) is 0 Å².